The normalized spacial score (nSPS) is 14.4. The number of anilines is 2. The molecule has 0 radical (unpaired) electrons. The molecule has 0 unspecified atom stereocenters. The van der Waals surface area contributed by atoms with Crippen LogP contribution in [0.1, 0.15) is 25.7 Å². The molecule has 0 aliphatic heterocycles. The van der Waals surface area contributed by atoms with Gasteiger partial charge in [-0.1, -0.05) is 24.4 Å². The molecule has 0 spiro atoms. The number of hydrogen-bond donors (Lipinski definition) is 2. The van der Waals surface area contributed by atoms with Crippen molar-refractivity contribution in [2.24, 2.45) is 5.92 Å². The fourth-order valence-corrected chi connectivity index (χ4v) is 1.95. The third kappa shape index (κ3) is 5.09. The van der Waals surface area contributed by atoms with Gasteiger partial charge in [-0.15, -0.1) is 0 Å². The van der Waals surface area contributed by atoms with Crippen LogP contribution >= 0.6 is 11.6 Å². The summed E-state index contributed by atoms with van der Waals surface area (Å²) in [5.74, 6) is 0.750. The van der Waals surface area contributed by atoms with E-state index in [4.69, 9.17) is 22.1 Å². The number of halogens is 1. The van der Waals surface area contributed by atoms with Crippen molar-refractivity contribution in [1.29, 1.82) is 0 Å². The zero-order valence-electron chi connectivity index (χ0n) is 10.8. The van der Waals surface area contributed by atoms with Crippen LogP contribution in [0.5, 0.6) is 0 Å². The maximum atomic E-state index is 11.7. The lowest BCUT2D eigenvalue weighted by molar-refractivity contribution is -0.117. The lowest BCUT2D eigenvalue weighted by Gasteiger charge is -2.08. The van der Waals surface area contributed by atoms with Crippen molar-refractivity contribution in [2.75, 3.05) is 24.3 Å². The van der Waals surface area contributed by atoms with Gasteiger partial charge >= 0.3 is 0 Å². The number of nitrogen functional groups attached to an aromatic ring is 1. The average molecular weight is 283 g/mol. The summed E-state index contributed by atoms with van der Waals surface area (Å²) < 4.78 is 5.43. The fraction of sp³-hybridized carbons (Fsp3) is 0.500. The average Bonchev–Trinajstić information content (AvgIpc) is 3.17. The number of carbonyl (C=O) groups is 1. The zero-order valence-corrected chi connectivity index (χ0v) is 11.6. The highest BCUT2D eigenvalue weighted by Crippen LogP contribution is 2.32. The van der Waals surface area contributed by atoms with E-state index in [1.807, 2.05) is 0 Å². The first kappa shape index (κ1) is 14.2. The van der Waals surface area contributed by atoms with E-state index in [1.165, 1.54) is 12.8 Å². The molecule has 1 saturated carbocycles. The SMILES string of the molecule is Nc1ccc(Cl)cc1NC(=O)CCOCCC1CC1. The highest BCUT2D eigenvalue weighted by Gasteiger charge is 2.20. The Hall–Kier alpha value is -1.26. The Kier molecular flexibility index (Phi) is 5.05. The van der Waals surface area contributed by atoms with Gasteiger partial charge in [-0.05, 0) is 30.5 Å². The first-order chi connectivity index (χ1) is 9.15. The van der Waals surface area contributed by atoms with Gasteiger partial charge < -0.3 is 15.8 Å². The van der Waals surface area contributed by atoms with Crippen LogP contribution in [0, 0.1) is 5.92 Å². The highest BCUT2D eigenvalue weighted by atomic mass is 35.5. The number of benzene rings is 1. The van der Waals surface area contributed by atoms with Gasteiger partial charge in [0.25, 0.3) is 0 Å². The summed E-state index contributed by atoms with van der Waals surface area (Å²) in [5, 5.41) is 3.28. The maximum absolute atomic E-state index is 11.7. The lowest BCUT2D eigenvalue weighted by Crippen LogP contribution is -2.15. The summed E-state index contributed by atoms with van der Waals surface area (Å²) in [6.45, 7) is 1.19. The van der Waals surface area contributed by atoms with E-state index in [-0.39, 0.29) is 5.91 Å². The number of rotatable bonds is 7. The number of carbonyl (C=O) groups excluding carboxylic acids is 1. The Balaban J connectivity index is 1.66. The first-order valence-corrected chi connectivity index (χ1v) is 6.95. The topological polar surface area (TPSA) is 64.3 Å². The van der Waals surface area contributed by atoms with Crippen LogP contribution in [0.4, 0.5) is 11.4 Å². The second-order valence-electron chi connectivity index (χ2n) is 4.87. The van der Waals surface area contributed by atoms with Gasteiger partial charge in [-0.25, -0.2) is 0 Å². The molecule has 1 fully saturated rings. The molecule has 19 heavy (non-hydrogen) atoms. The smallest absolute Gasteiger partial charge is 0.226 e. The van der Waals surface area contributed by atoms with Crippen molar-refractivity contribution in [1.82, 2.24) is 0 Å². The van der Waals surface area contributed by atoms with Crippen molar-refractivity contribution in [3.8, 4) is 0 Å². The lowest BCUT2D eigenvalue weighted by atomic mass is 10.2. The largest absolute Gasteiger partial charge is 0.397 e. The molecule has 1 aliphatic rings. The van der Waals surface area contributed by atoms with Gasteiger partial charge in [-0.2, -0.15) is 0 Å². The Morgan fingerprint density at radius 2 is 2.21 bits per heavy atom. The number of amides is 1. The molecular formula is C14H19ClN2O2. The molecule has 0 aromatic heterocycles. The summed E-state index contributed by atoms with van der Waals surface area (Å²) in [6.07, 6.45) is 4.11. The van der Waals surface area contributed by atoms with E-state index in [0.29, 0.717) is 29.4 Å². The van der Waals surface area contributed by atoms with Gasteiger partial charge in [0.2, 0.25) is 5.91 Å². The predicted molar refractivity (Wildman–Crippen MR) is 77.3 cm³/mol. The van der Waals surface area contributed by atoms with Crippen LogP contribution in [-0.4, -0.2) is 19.1 Å². The van der Waals surface area contributed by atoms with E-state index < -0.39 is 0 Å². The minimum Gasteiger partial charge on any atom is -0.397 e. The van der Waals surface area contributed by atoms with Gasteiger partial charge in [0.1, 0.15) is 0 Å². The number of nitrogens with two attached hydrogens (primary N) is 1. The Morgan fingerprint density at radius 1 is 1.42 bits per heavy atom. The monoisotopic (exact) mass is 282 g/mol. The number of hydrogen-bond acceptors (Lipinski definition) is 3. The Bertz CT molecular complexity index is 447. The predicted octanol–water partition coefficient (Wildman–Crippen LogP) is 3.07. The molecule has 5 heteroatoms. The Morgan fingerprint density at radius 3 is 2.95 bits per heavy atom. The molecule has 2 rings (SSSR count). The molecule has 0 heterocycles. The van der Waals surface area contributed by atoms with Gasteiger partial charge in [-0.3, -0.25) is 4.79 Å². The minimum atomic E-state index is -0.111. The van der Waals surface area contributed by atoms with Crippen LogP contribution < -0.4 is 11.1 Å². The highest BCUT2D eigenvalue weighted by molar-refractivity contribution is 6.31. The van der Waals surface area contributed by atoms with E-state index in [1.54, 1.807) is 18.2 Å². The van der Waals surface area contributed by atoms with Crippen LogP contribution in [0.25, 0.3) is 0 Å². The van der Waals surface area contributed by atoms with Gasteiger partial charge in [0.05, 0.1) is 24.4 Å². The minimum absolute atomic E-state index is 0.111. The molecule has 0 saturated heterocycles. The molecule has 1 aliphatic carbocycles. The quantitative estimate of drug-likeness (QED) is 0.597. The summed E-state index contributed by atoms with van der Waals surface area (Å²) >= 11 is 5.85. The third-order valence-corrected chi connectivity index (χ3v) is 3.37. The van der Waals surface area contributed by atoms with Crippen molar-refractivity contribution in [2.45, 2.75) is 25.7 Å². The van der Waals surface area contributed by atoms with Gasteiger partial charge in [0, 0.05) is 11.6 Å². The zero-order chi connectivity index (χ0) is 13.7. The number of nitrogens with one attached hydrogen (secondary N) is 1. The van der Waals surface area contributed by atoms with Gasteiger partial charge in [0.15, 0.2) is 0 Å². The molecule has 3 N–H and O–H groups in total. The summed E-state index contributed by atoms with van der Waals surface area (Å²) in [7, 11) is 0. The number of ether oxygens (including phenoxy) is 1. The third-order valence-electron chi connectivity index (χ3n) is 3.13. The maximum Gasteiger partial charge on any atom is 0.226 e. The van der Waals surface area contributed by atoms with E-state index in [0.717, 1.165) is 18.9 Å². The summed E-state index contributed by atoms with van der Waals surface area (Å²) in [5.41, 5.74) is 6.81. The second-order valence-corrected chi connectivity index (χ2v) is 5.31. The standard InChI is InChI=1S/C14H19ClN2O2/c15-11-3-4-12(16)13(9-11)17-14(18)6-8-19-7-5-10-1-2-10/h3-4,9-10H,1-2,5-8,16H2,(H,17,18). The first-order valence-electron chi connectivity index (χ1n) is 6.58. The molecule has 4 nitrogen and oxygen atoms in total. The fourth-order valence-electron chi connectivity index (χ4n) is 1.77. The molecule has 1 aromatic rings. The molecule has 1 amide bonds. The molecule has 0 bridgehead atoms. The van der Waals surface area contributed by atoms with E-state index in [9.17, 15) is 4.79 Å². The molecule has 0 atom stereocenters. The van der Waals surface area contributed by atoms with Crippen molar-refractivity contribution in [3.05, 3.63) is 23.2 Å². The molecule has 1 aromatic carbocycles. The summed E-state index contributed by atoms with van der Waals surface area (Å²) in [4.78, 5) is 11.7. The van der Waals surface area contributed by atoms with Crippen molar-refractivity contribution >= 4 is 28.9 Å². The van der Waals surface area contributed by atoms with E-state index >= 15 is 0 Å². The van der Waals surface area contributed by atoms with Crippen LogP contribution in [0.2, 0.25) is 5.02 Å². The van der Waals surface area contributed by atoms with Crippen LogP contribution in [0.15, 0.2) is 18.2 Å². The molecular weight excluding hydrogens is 264 g/mol. The summed E-state index contributed by atoms with van der Waals surface area (Å²) in [6, 6.07) is 5.00. The second kappa shape index (κ2) is 6.78. The van der Waals surface area contributed by atoms with Crippen molar-refractivity contribution < 1.29 is 9.53 Å². The molecule has 104 valence electrons. The van der Waals surface area contributed by atoms with E-state index in [2.05, 4.69) is 5.32 Å². The van der Waals surface area contributed by atoms with Crippen molar-refractivity contribution in [3.63, 3.8) is 0 Å². The van der Waals surface area contributed by atoms with Crippen LogP contribution in [-0.2, 0) is 9.53 Å². The Labute approximate surface area is 118 Å². The van der Waals surface area contributed by atoms with Crippen LogP contribution in [0.3, 0.4) is 0 Å².